The molecule has 1 unspecified atom stereocenters. The Labute approximate surface area is 331 Å². The summed E-state index contributed by atoms with van der Waals surface area (Å²) >= 11 is 0. The predicted octanol–water partition coefficient (Wildman–Crippen LogP) is 4.63. The van der Waals surface area contributed by atoms with Gasteiger partial charge in [-0.1, -0.05) is 52.2 Å². The summed E-state index contributed by atoms with van der Waals surface area (Å²) in [7, 11) is 6.00. The number of carbonyl (C=O) groups excluding carboxylic acids is 3. The maximum absolute atomic E-state index is 13.8. The molecule has 12 nitrogen and oxygen atoms in total. The van der Waals surface area contributed by atoms with Crippen molar-refractivity contribution in [3.8, 4) is 0 Å². The summed E-state index contributed by atoms with van der Waals surface area (Å²) in [5.41, 5.74) is 9.66. The smallest absolute Gasteiger partial charge is 0.404 e. The lowest BCUT2D eigenvalue weighted by Crippen LogP contribution is -2.67. The van der Waals surface area contributed by atoms with Gasteiger partial charge in [-0.2, -0.15) is 0 Å². The fraction of sp³-hybridized carbons (Fsp3) is 0.512. The number of nitrogens with zero attached hydrogens (tertiary/aromatic N) is 2. The SMILES string of the molecule is CN(C)c1ccc2c(c1)[Si]1(CCCCC1)c1cc(N(C)C)ccc1C21OC(=O)c2ccc(C(=O)NCCOCCOCCOCC(OC(N)=O)C(C)(C)C)cc21. The lowest BCUT2D eigenvalue weighted by Gasteiger charge is -2.48. The molecular formula is C43H58N4O8Si. The summed E-state index contributed by atoms with van der Waals surface area (Å²) in [6, 6.07) is 20.9. The van der Waals surface area contributed by atoms with Crippen LogP contribution in [0, 0.1) is 5.41 Å². The minimum atomic E-state index is -2.27. The second-order valence-electron chi connectivity index (χ2n) is 16.6. The summed E-state index contributed by atoms with van der Waals surface area (Å²) in [6.45, 7) is 8.05. The highest BCUT2D eigenvalue weighted by molar-refractivity contribution is 7.03. The van der Waals surface area contributed by atoms with E-state index in [4.69, 9.17) is 29.4 Å². The number of primary amides is 1. The molecule has 3 aliphatic rings. The molecule has 0 aromatic heterocycles. The molecule has 2 spiro atoms. The zero-order valence-electron chi connectivity index (χ0n) is 34.0. The number of anilines is 2. The van der Waals surface area contributed by atoms with Crippen molar-refractivity contribution >= 4 is 47.8 Å². The van der Waals surface area contributed by atoms with Crippen molar-refractivity contribution in [3.63, 3.8) is 0 Å². The van der Waals surface area contributed by atoms with Crippen LogP contribution < -0.4 is 31.2 Å². The Hall–Kier alpha value is -4.43. The molecular weight excluding hydrogens is 729 g/mol. The molecule has 6 rings (SSSR count). The van der Waals surface area contributed by atoms with Crippen molar-refractivity contribution in [3.05, 3.63) is 82.4 Å². The van der Waals surface area contributed by atoms with Gasteiger partial charge in [0.2, 0.25) is 0 Å². The normalized spacial score (nSPS) is 16.7. The van der Waals surface area contributed by atoms with Crippen molar-refractivity contribution < 1.29 is 38.1 Å². The molecule has 0 bridgehead atoms. The monoisotopic (exact) mass is 786 g/mol. The van der Waals surface area contributed by atoms with Crippen molar-refractivity contribution in [1.82, 2.24) is 5.32 Å². The lowest BCUT2D eigenvalue weighted by molar-refractivity contribution is -0.0450. The number of carbonyl (C=O) groups is 3. The van der Waals surface area contributed by atoms with Gasteiger partial charge >= 0.3 is 12.1 Å². The lowest BCUT2D eigenvalue weighted by atomic mass is 9.78. The number of fused-ring (bicyclic) bond motifs is 8. The summed E-state index contributed by atoms with van der Waals surface area (Å²) in [5.74, 6) is -0.639. The van der Waals surface area contributed by atoms with Gasteiger partial charge in [-0.15, -0.1) is 0 Å². The van der Waals surface area contributed by atoms with Gasteiger partial charge in [0.05, 0.1) is 45.2 Å². The van der Waals surface area contributed by atoms with E-state index in [1.807, 2.05) is 26.8 Å². The third-order valence-corrected chi connectivity index (χ3v) is 16.7. The first-order chi connectivity index (χ1) is 26.7. The van der Waals surface area contributed by atoms with Gasteiger partial charge in [-0.3, -0.25) is 4.79 Å². The van der Waals surface area contributed by atoms with E-state index >= 15 is 0 Å². The second kappa shape index (κ2) is 17.0. The number of benzene rings is 3. The highest BCUT2D eigenvalue weighted by Gasteiger charge is 2.58. The Morgan fingerprint density at radius 1 is 0.804 bits per heavy atom. The van der Waals surface area contributed by atoms with Crippen LogP contribution in [0.4, 0.5) is 16.2 Å². The van der Waals surface area contributed by atoms with Gasteiger partial charge in [-0.25, -0.2) is 9.59 Å². The molecule has 2 amide bonds. The summed E-state index contributed by atoms with van der Waals surface area (Å²) in [4.78, 5) is 42.9. The van der Waals surface area contributed by atoms with E-state index in [9.17, 15) is 14.4 Å². The summed E-state index contributed by atoms with van der Waals surface area (Å²) in [6.07, 6.45) is 2.30. The topological polar surface area (TPSA) is 142 Å². The molecule has 1 atom stereocenters. The van der Waals surface area contributed by atoms with Crippen LogP contribution in [0.25, 0.3) is 0 Å². The summed E-state index contributed by atoms with van der Waals surface area (Å²) < 4.78 is 28.7. The van der Waals surface area contributed by atoms with Gasteiger partial charge in [0, 0.05) is 73.8 Å². The fourth-order valence-electron chi connectivity index (χ4n) is 8.38. The van der Waals surface area contributed by atoms with Crippen LogP contribution in [0.2, 0.25) is 12.1 Å². The number of ether oxygens (including phenoxy) is 5. The molecule has 3 aromatic rings. The maximum Gasteiger partial charge on any atom is 0.404 e. The molecule has 302 valence electrons. The Bertz CT molecular complexity index is 1860. The number of amides is 2. The fourth-order valence-corrected chi connectivity index (χ4v) is 14.1. The van der Waals surface area contributed by atoms with Gasteiger partial charge in [0.15, 0.2) is 5.60 Å². The van der Waals surface area contributed by atoms with E-state index in [0.717, 1.165) is 34.6 Å². The third kappa shape index (κ3) is 8.18. The first-order valence-corrected chi connectivity index (χ1v) is 22.1. The molecule has 0 saturated carbocycles. The first-order valence-electron chi connectivity index (χ1n) is 19.7. The molecule has 3 aromatic carbocycles. The Morgan fingerprint density at radius 3 is 1.93 bits per heavy atom. The number of hydrogen-bond acceptors (Lipinski definition) is 10. The Kier molecular flexibility index (Phi) is 12.5. The second-order valence-corrected chi connectivity index (χ2v) is 20.8. The molecule has 1 saturated heterocycles. The molecule has 0 radical (unpaired) electrons. The Morgan fingerprint density at radius 2 is 1.38 bits per heavy atom. The van der Waals surface area contributed by atoms with Gasteiger partial charge in [-0.05, 0) is 64.9 Å². The summed E-state index contributed by atoms with van der Waals surface area (Å²) in [5, 5.41) is 5.64. The van der Waals surface area contributed by atoms with Crippen LogP contribution in [0.1, 0.15) is 77.4 Å². The maximum atomic E-state index is 13.8. The van der Waals surface area contributed by atoms with E-state index < -0.39 is 25.9 Å². The average molecular weight is 787 g/mol. The minimum absolute atomic E-state index is 0.221. The van der Waals surface area contributed by atoms with E-state index in [1.165, 1.54) is 29.6 Å². The van der Waals surface area contributed by atoms with E-state index in [1.54, 1.807) is 12.1 Å². The van der Waals surface area contributed by atoms with Gasteiger partial charge < -0.3 is 44.5 Å². The molecule has 3 aliphatic heterocycles. The minimum Gasteiger partial charge on any atom is -0.443 e. The number of rotatable bonds is 15. The van der Waals surface area contributed by atoms with Crippen LogP contribution in [-0.2, 0) is 29.3 Å². The van der Waals surface area contributed by atoms with Crippen molar-refractivity contribution in [2.75, 3.05) is 84.2 Å². The van der Waals surface area contributed by atoms with E-state index in [-0.39, 0.29) is 23.9 Å². The van der Waals surface area contributed by atoms with Crippen LogP contribution in [-0.4, -0.2) is 107 Å². The third-order valence-electron chi connectivity index (χ3n) is 11.4. The molecule has 3 N–H and O–H groups in total. The van der Waals surface area contributed by atoms with E-state index in [2.05, 4.69) is 79.7 Å². The van der Waals surface area contributed by atoms with Crippen LogP contribution in [0.5, 0.6) is 0 Å². The van der Waals surface area contributed by atoms with Crippen molar-refractivity contribution in [2.24, 2.45) is 11.1 Å². The zero-order chi connectivity index (χ0) is 40.3. The number of nitrogens with two attached hydrogens (primary N) is 1. The molecule has 3 heterocycles. The van der Waals surface area contributed by atoms with Gasteiger partial charge in [0.25, 0.3) is 5.91 Å². The number of nitrogens with one attached hydrogen (secondary N) is 1. The largest absolute Gasteiger partial charge is 0.443 e. The van der Waals surface area contributed by atoms with Gasteiger partial charge in [0.1, 0.15) is 14.2 Å². The highest BCUT2D eigenvalue weighted by Crippen LogP contribution is 2.51. The molecule has 56 heavy (non-hydrogen) atoms. The number of hydrogen-bond donors (Lipinski definition) is 2. The molecule has 13 heteroatoms. The standard InChI is InChI=1S/C43H58N4O8Si/c1-42(2,3)38(54-41(44)50)28-53-22-21-52-20-19-51-18-17-45-39(48)29-11-14-32-35(25-29)43(55-40(32)49)33-15-12-30(46(4)5)26-36(33)56(23-9-8-10-24-56)37-27-31(47(6)7)13-16-34(37)43/h11-16,25-27,38H,8-10,17-24,28H2,1-7H3,(H2,44,50)(H,45,48). The van der Waals surface area contributed by atoms with E-state index in [0.29, 0.717) is 56.3 Å². The predicted molar refractivity (Wildman–Crippen MR) is 220 cm³/mol. The van der Waals surface area contributed by atoms with Crippen molar-refractivity contribution in [2.45, 2.75) is 63.8 Å². The highest BCUT2D eigenvalue weighted by atomic mass is 28.3. The zero-order valence-corrected chi connectivity index (χ0v) is 35.0. The Balaban J connectivity index is 1.14. The van der Waals surface area contributed by atoms with Crippen molar-refractivity contribution in [1.29, 1.82) is 0 Å². The average Bonchev–Trinajstić information content (AvgIpc) is 3.46. The van der Waals surface area contributed by atoms with Crippen LogP contribution in [0.3, 0.4) is 0 Å². The molecule has 1 fully saturated rings. The quantitative estimate of drug-likeness (QED) is 0.127. The number of esters is 1. The van der Waals surface area contributed by atoms with Crippen LogP contribution >= 0.6 is 0 Å². The van der Waals surface area contributed by atoms with Crippen LogP contribution in [0.15, 0.2) is 54.6 Å². The molecule has 0 aliphatic carbocycles. The first kappa shape index (κ1) is 41.2.